The number of aryl methyl sites for hydroxylation is 1. The van der Waals surface area contributed by atoms with Crippen molar-refractivity contribution in [2.45, 2.75) is 26.2 Å². The van der Waals surface area contributed by atoms with Crippen LogP contribution >= 0.6 is 0 Å². The van der Waals surface area contributed by atoms with Crippen molar-refractivity contribution >= 4 is 22.6 Å². The average molecular weight is 468 g/mol. The van der Waals surface area contributed by atoms with Gasteiger partial charge in [-0.15, -0.1) is 0 Å². The number of carbonyl (C=O) groups excluding carboxylic acids is 1. The van der Waals surface area contributed by atoms with E-state index in [0.717, 1.165) is 84.0 Å². The van der Waals surface area contributed by atoms with Crippen molar-refractivity contribution in [1.82, 2.24) is 20.1 Å². The van der Waals surface area contributed by atoms with Gasteiger partial charge >= 0.3 is 0 Å². The Kier molecular flexibility index (Phi) is 5.40. The molecule has 2 aliphatic rings. The van der Waals surface area contributed by atoms with Crippen LogP contribution in [-0.2, 0) is 17.6 Å². The van der Waals surface area contributed by atoms with E-state index in [1.54, 1.807) is 14.0 Å². The number of H-pyrrole nitrogens is 1. The van der Waals surface area contributed by atoms with Crippen LogP contribution in [0.1, 0.15) is 24.5 Å². The zero-order valence-corrected chi connectivity index (χ0v) is 20.2. The number of carbonyl (C=O) groups is 1. The second-order valence-electron chi connectivity index (χ2n) is 9.34. The minimum absolute atomic E-state index is 0.148. The van der Waals surface area contributed by atoms with Gasteiger partial charge in [0.1, 0.15) is 22.7 Å². The molecule has 1 fully saturated rings. The number of amides is 1. The maximum atomic E-state index is 11.6. The molecule has 7 nitrogen and oxygen atoms in total. The van der Waals surface area contributed by atoms with Gasteiger partial charge in [-0.2, -0.15) is 5.10 Å². The topological polar surface area (TPSA) is 74.3 Å². The van der Waals surface area contributed by atoms with Crippen molar-refractivity contribution in [2.75, 3.05) is 38.2 Å². The number of methoxy groups -OCH3 is 1. The predicted molar refractivity (Wildman–Crippen MR) is 138 cm³/mol. The number of anilines is 1. The third kappa shape index (κ3) is 3.81. The molecule has 0 atom stereocenters. The summed E-state index contributed by atoms with van der Waals surface area (Å²) < 4.78 is 5.75. The minimum Gasteiger partial charge on any atom is -0.494 e. The maximum absolute atomic E-state index is 11.6. The molecule has 35 heavy (non-hydrogen) atoms. The Morgan fingerprint density at radius 1 is 1.00 bits per heavy atom. The largest absolute Gasteiger partial charge is 0.494 e. The van der Waals surface area contributed by atoms with E-state index in [0.29, 0.717) is 0 Å². The summed E-state index contributed by atoms with van der Waals surface area (Å²) in [7, 11) is 1.70. The van der Waals surface area contributed by atoms with Crippen molar-refractivity contribution in [3.8, 4) is 28.3 Å². The van der Waals surface area contributed by atoms with Crippen molar-refractivity contribution < 1.29 is 9.53 Å². The first-order valence-corrected chi connectivity index (χ1v) is 12.3. The van der Waals surface area contributed by atoms with Gasteiger partial charge in [-0.25, -0.2) is 4.98 Å². The van der Waals surface area contributed by atoms with E-state index in [1.165, 1.54) is 17.5 Å². The van der Waals surface area contributed by atoms with Gasteiger partial charge in [0.25, 0.3) is 0 Å². The van der Waals surface area contributed by atoms with Crippen LogP contribution in [0.3, 0.4) is 0 Å². The number of benzene rings is 2. The molecule has 0 bridgehead atoms. The molecule has 1 aliphatic carbocycles. The van der Waals surface area contributed by atoms with Crippen LogP contribution in [-0.4, -0.2) is 59.3 Å². The van der Waals surface area contributed by atoms with Crippen molar-refractivity contribution in [1.29, 1.82) is 0 Å². The Bertz CT molecular complexity index is 1400. The zero-order chi connectivity index (χ0) is 23.9. The summed E-state index contributed by atoms with van der Waals surface area (Å²) in [4.78, 5) is 20.9. The van der Waals surface area contributed by atoms with Crippen LogP contribution in [0, 0.1) is 0 Å². The molecule has 0 unspecified atom stereocenters. The Balaban J connectivity index is 1.34. The Hall–Kier alpha value is -3.87. The fourth-order valence-corrected chi connectivity index (χ4v) is 5.43. The summed E-state index contributed by atoms with van der Waals surface area (Å²) in [6, 6.07) is 17.0. The number of aromatic nitrogens is 3. The smallest absolute Gasteiger partial charge is 0.219 e. The molecule has 4 aromatic rings. The molecule has 7 heteroatoms. The number of hydrogen-bond acceptors (Lipinski definition) is 5. The van der Waals surface area contributed by atoms with Crippen molar-refractivity contribution in [3.63, 3.8) is 0 Å². The normalized spacial score (nSPS) is 15.5. The van der Waals surface area contributed by atoms with Crippen LogP contribution in [0.15, 0.2) is 48.5 Å². The standard InChI is InChI=1S/C28H29N5O2/c1-18(34)32-13-15-33(16-14-32)21-11-9-20(10-12-21)26-28-24(30-31-26)17-25(35-2)27(29-28)23-8-4-6-19-5-3-7-22(19)23/h4,6,8-12,17H,3,5,7,13-16H2,1-2H3,(H,30,31). The van der Waals surface area contributed by atoms with Gasteiger partial charge in [-0.05, 0) is 42.5 Å². The van der Waals surface area contributed by atoms with Crippen LogP contribution in [0.4, 0.5) is 5.69 Å². The molecule has 1 N–H and O–H groups in total. The number of pyridine rings is 1. The molecule has 6 rings (SSSR count). The maximum Gasteiger partial charge on any atom is 0.219 e. The Morgan fingerprint density at radius 3 is 2.54 bits per heavy atom. The van der Waals surface area contributed by atoms with Crippen molar-refractivity contribution in [2.24, 2.45) is 0 Å². The van der Waals surface area contributed by atoms with E-state index in [2.05, 4.69) is 57.6 Å². The molecule has 2 aromatic carbocycles. The van der Waals surface area contributed by atoms with E-state index < -0.39 is 0 Å². The summed E-state index contributed by atoms with van der Waals surface area (Å²) in [5, 5.41) is 7.76. The number of nitrogens with zero attached hydrogens (tertiary/aromatic N) is 4. The first kappa shape index (κ1) is 21.6. The second kappa shape index (κ2) is 8.73. The van der Waals surface area contributed by atoms with Gasteiger partial charge in [0.05, 0.1) is 12.6 Å². The lowest BCUT2D eigenvalue weighted by Gasteiger charge is -2.35. The van der Waals surface area contributed by atoms with E-state index in [1.807, 2.05) is 11.0 Å². The number of aromatic amines is 1. The number of rotatable bonds is 4. The molecule has 2 aromatic heterocycles. The van der Waals surface area contributed by atoms with Crippen LogP contribution in [0.25, 0.3) is 33.5 Å². The van der Waals surface area contributed by atoms with Gasteiger partial charge in [0.15, 0.2) is 0 Å². The highest BCUT2D eigenvalue weighted by Gasteiger charge is 2.22. The highest BCUT2D eigenvalue weighted by atomic mass is 16.5. The summed E-state index contributed by atoms with van der Waals surface area (Å²) in [6.45, 7) is 4.85. The second-order valence-corrected chi connectivity index (χ2v) is 9.34. The molecule has 0 spiro atoms. The SMILES string of the molecule is COc1cc2[nH]nc(-c3ccc(N4CCN(C(C)=O)CC4)cc3)c2nc1-c1cccc2c1CCC2. The average Bonchev–Trinajstić information content (AvgIpc) is 3.55. The molecule has 1 aliphatic heterocycles. The Morgan fingerprint density at radius 2 is 1.80 bits per heavy atom. The molecule has 3 heterocycles. The van der Waals surface area contributed by atoms with Gasteiger partial charge in [0, 0.05) is 56.0 Å². The minimum atomic E-state index is 0.148. The summed E-state index contributed by atoms with van der Waals surface area (Å²) in [5.41, 5.74) is 9.56. The van der Waals surface area contributed by atoms with Crippen LogP contribution in [0.5, 0.6) is 5.75 Å². The van der Waals surface area contributed by atoms with E-state index in [4.69, 9.17) is 9.72 Å². The van der Waals surface area contributed by atoms with E-state index >= 15 is 0 Å². The number of ether oxygens (including phenoxy) is 1. The molecule has 1 amide bonds. The lowest BCUT2D eigenvalue weighted by atomic mass is 9.99. The van der Waals surface area contributed by atoms with Crippen LogP contribution < -0.4 is 9.64 Å². The highest BCUT2D eigenvalue weighted by molar-refractivity contribution is 5.93. The number of hydrogen-bond donors (Lipinski definition) is 1. The fourth-order valence-electron chi connectivity index (χ4n) is 5.43. The molecule has 1 saturated heterocycles. The zero-order valence-electron chi connectivity index (χ0n) is 20.2. The van der Waals surface area contributed by atoms with Gasteiger partial charge in [0.2, 0.25) is 5.91 Å². The van der Waals surface area contributed by atoms with Crippen LogP contribution in [0.2, 0.25) is 0 Å². The Labute approximate surface area is 204 Å². The third-order valence-electron chi connectivity index (χ3n) is 7.35. The number of piperazine rings is 1. The number of fused-ring (bicyclic) bond motifs is 2. The highest BCUT2D eigenvalue weighted by Crippen LogP contribution is 2.39. The molecule has 178 valence electrons. The third-order valence-corrected chi connectivity index (χ3v) is 7.35. The summed E-state index contributed by atoms with van der Waals surface area (Å²) in [6.07, 6.45) is 3.39. The monoisotopic (exact) mass is 467 g/mol. The molecular weight excluding hydrogens is 438 g/mol. The summed E-state index contributed by atoms with van der Waals surface area (Å²) >= 11 is 0. The first-order valence-electron chi connectivity index (χ1n) is 12.3. The molecule has 0 radical (unpaired) electrons. The van der Waals surface area contributed by atoms with Crippen molar-refractivity contribution in [3.05, 3.63) is 59.7 Å². The lowest BCUT2D eigenvalue weighted by molar-refractivity contribution is -0.129. The van der Waals surface area contributed by atoms with E-state index in [9.17, 15) is 4.79 Å². The van der Waals surface area contributed by atoms with Gasteiger partial charge in [-0.3, -0.25) is 9.89 Å². The lowest BCUT2D eigenvalue weighted by Crippen LogP contribution is -2.48. The van der Waals surface area contributed by atoms with Gasteiger partial charge < -0.3 is 14.5 Å². The quantitative estimate of drug-likeness (QED) is 0.480. The fraction of sp³-hybridized carbons (Fsp3) is 0.321. The van der Waals surface area contributed by atoms with Gasteiger partial charge in [-0.1, -0.05) is 30.3 Å². The number of nitrogens with one attached hydrogen (secondary N) is 1. The molecular formula is C28H29N5O2. The summed E-state index contributed by atoms with van der Waals surface area (Å²) in [5.74, 6) is 0.905. The van der Waals surface area contributed by atoms with E-state index in [-0.39, 0.29) is 5.91 Å². The predicted octanol–water partition coefficient (Wildman–Crippen LogP) is 4.46. The first-order chi connectivity index (χ1) is 17.1. The molecule has 0 saturated carbocycles.